The third-order valence-electron chi connectivity index (χ3n) is 5.05. The quantitative estimate of drug-likeness (QED) is 0.546. The van der Waals surface area contributed by atoms with Crippen LogP contribution in [0.5, 0.6) is 0 Å². The van der Waals surface area contributed by atoms with Gasteiger partial charge in [-0.2, -0.15) is 0 Å². The zero-order valence-electron chi connectivity index (χ0n) is 19.3. The van der Waals surface area contributed by atoms with Gasteiger partial charge in [0.1, 0.15) is 5.60 Å². The number of benzene rings is 1. The molecule has 0 saturated carbocycles. The fourth-order valence-corrected chi connectivity index (χ4v) is 3.40. The Hall–Kier alpha value is -2.28. The highest BCUT2D eigenvalue weighted by Crippen LogP contribution is 2.33. The van der Waals surface area contributed by atoms with Crippen molar-refractivity contribution in [2.24, 2.45) is 10.9 Å². The Bertz CT molecular complexity index is 697. The third kappa shape index (κ3) is 7.86. The Balaban J connectivity index is 1.81. The van der Waals surface area contributed by atoms with Gasteiger partial charge in [0, 0.05) is 46.3 Å². The number of amides is 1. The summed E-state index contributed by atoms with van der Waals surface area (Å²) in [6.45, 7) is 10.4. The second-order valence-electron chi connectivity index (χ2n) is 8.89. The molecule has 1 aliphatic heterocycles. The van der Waals surface area contributed by atoms with E-state index in [4.69, 9.17) is 9.47 Å². The summed E-state index contributed by atoms with van der Waals surface area (Å²) in [5.74, 6) is 1.10. The molecule has 7 nitrogen and oxygen atoms in total. The van der Waals surface area contributed by atoms with E-state index in [1.807, 2.05) is 20.8 Å². The number of hydrogen-bond acceptors (Lipinski definition) is 4. The van der Waals surface area contributed by atoms with Crippen molar-refractivity contribution in [1.29, 1.82) is 0 Å². The summed E-state index contributed by atoms with van der Waals surface area (Å²) in [4.78, 5) is 17.9. The van der Waals surface area contributed by atoms with Crippen molar-refractivity contribution >= 4 is 12.1 Å². The lowest BCUT2D eigenvalue weighted by Crippen LogP contribution is -2.45. The highest BCUT2D eigenvalue weighted by Gasteiger charge is 2.27. The fourth-order valence-electron chi connectivity index (χ4n) is 3.40. The van der Waals surface area contributed by atoms with E-state index in [0.717, 1.165) is 32.0 Å². The van der Waals surface area contributed by atoms with E-state index < -0.39 is 5.60 Å². The summed E-state index contributed by atoms with van der Waals surface area (Å²) in [6, 6.07) is 8.61. The monoisotopic (exact) mass is 418 g/mol. The number of carbonyl (C=O) groups is 1. The Morgan fingerprint density at radius 1 is 1.27 bits per heavy atom. The topological polar surface area (TPSA) is 75.2 Å². The largest absolute Gasteiger partial charge is 0.444 e. The molecular formula is C23H38N4O3. The molecule has 1 aliphatic rings. The Morgan fingerprint density at radius 3 is 2.60 bits per heavy atom. The average Bonchev–Trinajstić information content (AvgIpc) is 2.70. The molecule has 0 bridgehead atoms. The standard InChI is InChI=1S/C23H38N4O3/c1-17-9-11-18(12-10-17)20-19(8-7-15-29-20)16-26-21(24-5)25-13-14-27(6)22(28)30-23(2,3)4/h9-12,19-20H,7-8,13-16H2,1-6H3,(H2,24,25,26). The predicted octanol–water partition coefficient (Wildman–Crippen LogP) is 3.49. The highest BCUT2D eigenvalue weighted by molar-refractivity contribution is 5.79. The number of rotatable bonds is 6. The van der Waals surface area contributed by atoms with E-state index in [1.54, 1.807) is 19.0 Å². The van der Waals surface area contributed by atoms with Crippen LogP contribution in [0, 0.1) is 12.8 Å². The summed E-state index contributed by atoms with van der Waals surface area (Å²) < 4.78 is 11.5. The van der Waals surface area contributed by atoms with Crippen LogP contribution >= 0.6 is 0 Å². The van der Waals surface area contributed by atoms with Gasteiger partial charge in [0.15, 0.2) is 5.96 Å². The van der Waals surface area contributed by atoms with E-state index >= 15 is 0 Å². The third-order valence-corrected chi connectivity index (χ3v) is 5.05. The van der Waals surface area contributed by atoms with Crippen molar-refractivity contribution in [3.63, 3.8) is 0 Å². The van der Waals surface area contributed by atoms with Crippen LogP contribution in [-0.4, -0.2) is 62.9 Å². The van der Waals surface area contributed by atoms with Gasteiger partial charge in [0.05, 0.1) is 6.10 Å². The van der Waals surface area contributed by atoms with Crippen molar-refractivity contribution in [2.45, 2.75) is 52.2 Å². The van der Waals surface area contributed by atoms with E-state index in [1.165, 1.54) is 11.1 Å². The van der Waals surface area contributed by atoms with Crippen molar-refractivity contribution < 1.29 is 14.3 Å². The lowest BCUT2D eigenvalue weighted by molar-refractivity contribution is -0.0265. The van der Waals surface area contributed by atoms with Crippen LogP contribution in [0.4, 0.5) is 4.79 Å². The van der Waals surface area contributed by atoms with Gasteiger partial charge in [0.25, 0.3) is 0 Å². The molecule has 7 heteroatoms. The fraction of sp³-hybridized carbons (Fsp3) is 0.652. The summed E-state index contributed by atoms with van der Waals surface area (Å²) in [7, 11) is 3.49. The number of ether oxygens (including phenoxy) is 2. The van der Waals surface area contributed by atoms with E-state index in [2.05, 4.69) is 46.8 Å². The lowest BCUT2D eigenvalue weighted by atomic mass is 9.89. The Kier molecular flexibility index (Phi) is 8.96. The zero-order valence-corrected chi connectivity index (χ0v) is 19.3. The first-order valence-electron chi connectivity index (χ1n) is 10.8. The number of nitrogens with one attached hydrogen (secondary N) is 2. The molecular weight excluding hydrogens is 380 g/mol. The average molecular weight is 419 g/mol. The van der Waals surface area contributed by atoms with Crippen LogP contribution in [0.15, 0.2) is 29.3 Å². The van der Waals surface area contributed by atoms with Crippen LogP contribution < -0.4 is 10.6 Å². The minimum absolute atomic E-state index is 0.100. The number of guanidine groups is 1. The molecule has 2 rings (SSSR count). The maximum absolute atomic E-state index is 12.0. The lowest BCUT2D eigenvalue weighted by Gasteiger charge is -2.32. The van der Waals surface area contributed by atoms with Gasteiger partial charge < -0.3 is 25.0 Å². The molecule has 1 fully saturated rings. The summed E-state index contributed by atoms with van der Waals surface area (Å²) >= 11 is 0. The normalized spacial score (nSPS) is 19.9. The molecule has 1 amide bonds. The molecule has 0 spiro atoms. The summed E-state index contributed by atoms with van der Waals surface area (Å²) in [5.41, 5.74) is 1.99. The number of nitrogens with zero attached hydrogens (tertiary/aromatic N) is 2. The van der Waals surface area contributed by atoms with E-state index in [0.29, 0.717) is 19.0 Å². The Morgan fingerprint density at radius 2 is 1.97 bits per heavy atom. The predicted molar refractivity (Wildman–Crippen MR) is 121 cm³/mol. The van der Waals surface area contributed by atoms with Crippen molar-refractivity contribution in [3.05, 3.63) is 35.4 Å². The summed E-state index contributed by atoms with van der Waals surface area (Å²) in [6.07, 6.45) is 1.96. The molecule has 168 valence electrons. The molecule has 30 heavy (non-hydrogen) atoms. The second-order valence-corrected chi connectivity index (χ2v) is 8.89. The molecule has 1 aromatic rings. The van der Waals surface area contributed by atoms with Crippen molar-refractivity contribution in [3.8, 4) is 0 Å². The molecule has 2 atom stereocenters. The van der Waals surface area contributed by atoms with Gasteiger partial charge in [-0.3, -0.25) is 4.99 Å². The molecule has 1 heterocycles. The van der Waals surface area contributed by atoms with Crippen molar-refractivity contribution in [1.82, 2.24) is 15.5 Å². The first kappa shape index (κ1) is 24.0. The van der Waals surface area contributed by atoms with Gasteiger partial charge in [-0.05, 0) is 46.1 Å². The Labute approximate surface area is 181 Å². The number of aliphatic imine (C=N–C) groups is 1. The van der Waals surface area contributed by atoms with E-state index in [-0.39, 0.29) is 12.2 Å². The number of likely N-dealkylation sites (N-methyl/N-ethyl adjacent to an activating group) is 1. The minimum atomic E-state index is -0.494. The minimum Gasteiger partial charge on any atom is -0.444 e. The molecule has 2 N–H and O–H groups in total. The molecule has 1 aromatic carbocycles. The first-order chi connectivity index (χ1) is 14.2. The zero-order chi connectivity index (χ0) is 22.1. The molecule has 0 radical (unpaired) electrons. The maximum atomic E-state index is 12.0. The number of aryl methyl sites for hydroxylation is 1. The van der Waals surface area contributed by atoms with Crippen LogP contribution in [0.25, 0.3) is 0 Å². The molecule has 0 aliphatic carbocycles. The molecule has 2 unspecified atom stereocenters. The van der Waals surface area contributed by atoms with Crippen LogP contribution in [-0.2, 0) is 9.47 Å². The smallest absolute Gasteiger partial charge is 0.410 e. The van der Waals surface area contributed by atoms with Gasteiger partial charge in [-0.15, -0.1) is 0 Å². The van der Waals surface area contributed by atoms with Crippen LogP contribution in [0.1, 0.15) is 50.8 Å². The van der Waals surface area contributed by atoms with Crippen LogP contribution in [0.2, 0.25) is 0 Å². The summed E-state index contributed by atoms with van der Waals surface area (Å²) in [5, 5.41) is 6.68. The maximum Gasteiger partial charge on any atom is 0.410 e. The molecule has 0 aromatic heterocycles. The first-order valence-corrected chi connectivity index (χ1v) is 10.8. The SMILES string of the molecule is CN=C(NCCN(C)C(=O)OC(C)(C)C)NCC1CCCOC1c1ccc(C)cc1. The van der Waals surface area contributed by atoms with Gasteiger partial charge in [0.2, 0.25) is 0 Å². The van der Waals surface area contributed by atoms with Gasteiger partial charge >= 0.3 is 6.09 Å². The van der Waals surface area contributed by atoms with Crippen LogP contribution in [0.3, 0.4) is 0 Å². The highest BCUT2D eigenvalue weighted by atomic mass is 16.6. The van der Waals surface area contributed by atoms with Crippen molar-refractivity contribution in [2.75, 3.05) is 40.3 Å². The number of carbonyl (C=O) groups excluding carboxylic acids is 1. The molecule has 1 saturated heterocycles. The van der Waals surface area contributed by atoms with Gasteiger partial charge in [-0.25, -0.2) is 4.79 Å². The second kappa shape index (κ2) is 11.2. The van der Waals surface area contributed by atoms with E-state index in [9.17, 15) is 4.79 Å². The number of hydrogen-bond donors (Lipinski definition) is 2. The van der Waals surface area contributed by atoms with Gasteiger partial charge in [-0.1, -0.05) is 29.8 Å².